The van der Waals surface area contributed by atoms with Gasteiger partial charge in [-0.3, -0.25) is 4.79 Å². The van der Waals surface area contributed by atoms with Gasteiger partial charge >= 0.3 is 5.97 Å². The number of nitrogens with two attached hydrogens (primary N) is 1. The number of carbonyl (C=O) groups excluding carboxylic acids is 2. The summed E-state index contributed by atoms with van der Waals surface area (Å²) in [6.07, 6.45) is 0.379. The van der Waals surface area contributed by atoms with Crippen LogP contribution in [0.3, 0.4) is 0 Å². The van der Waals surface area contributed by atoms with Crippen molar-refractivity contribution in [2.75, 3.05) is 7.11 Å². The number of amides is 1. The highest BCUT2D eigenvalue weighted by Crippen LogP contribution is 2.06. The van der Waals surface area contributed by atoms with Gasteiger partial charge in [-0.1, -0.05) is 44.2 Å². The summed E-state index contributed by atoms with van der Waals surface area (Å²) in [6, 6.07) is 8.08. The highest BCUT2D eigenvalue weighted by molar-refractivity contribution is 5.87. The third-order valence-electron chi connectivity index (χ3n) is 3.11. The smallest absolute Gasteiger partial charge is 0.328 e. The molecule has 0 aliphatic heterocycles. The zero-order valence-corrected chi connectivity index (χ0v) is 13.4. The fraction of sp³-hybridized carbons (Fsp3) is 0.467. The van der Waals surface area contributed by atoms with Crippen LogP contribution in [-0.2, 0) is 20.7 Å². The molecule has 0 bridgehead atoms. The lowest BCUT2D eigenvalue weighted by atomic mass is 10.0. The molecule has 0 saturated carbocycles. The van der Waals surface area contributed by atoms with Crippen LogP contribution >= 0.6 is 12.4 Å². The van der Waals surface area contributed by atoms with Crippen molar-refractivity contribution in [1.29, 1.82) is 0 Å². The second-order valence-electron chi connectivity index (χ2n) is 5.04. The van der Waals surface area contributed by atoms with Gasteiger partial charge in [0, 0.05) is 6.42 Å². The van der Waals surface area contributed by atoms with Crippen molar-refractivity contribution in [2.24, 2.45) is 11.7 Å². The quantitative estimate of drug-likeness (QED) is 0.775. The average molecular weight is 315 g/mol. The molecular weight excluding hydrogens is 292 g/mol. The Bertz CT molecular complexity index is 451. The molecule has 0 aromatic heterocycles. The van der Waals surface area contributed by atoms with Gasteiger partial charge in [-0.2, -0.15) is 0 Å². The number of ether oxygens (including phenoxy) is 1. The minimum Gasteiger partial charge on any atom is -0.467 e. The number of carbonyl (C=O) groups is 2. The van der Waals surface area contributed by atoms with Crippen molar-refractivity contribution >= 4 is 24.3 Å². The van der Waals surface area contributed by atoms with Crippen molar-refractivity contribution in [3.8, 4) is 0 Å². The molecule has 0 heterocycles. The molecule has 0 saturated heterocycles. The zero-order chi connectivity index (χ0) is 15.1. The van der Waals surface area contributed by atoms with Crippen LogP contribution < -0.4 is 11.1 Å². The van der Waals surface area contributed by atoms with Gasteiger partial charge in [-0.25, -0.2) is 4.79 Å². The molecule has 21 heavy (non-hydrogen) atoms. The summed E-state index contributed by atoms with van der Waals surface area (Å²) in [5.41, 5.74) is 6.72. The molecule has 0 spiro atoms. The van der Waals surface area contributed by atoms with Gasteiger partial charge in [0.2, 0.25) is 5.91 Å². The van der Waals surface area contributed by atoms with E-state index >= 15 is 0 Å². The summed E-state index contributed by atoms with van der Waals surface area (Å²) < 4.78 is 4.73. The summed E-state index contributed by atoms with van der Waals surface area (Å²) in [6.45, 7) is 3.71. The summed E-state index contributed by atoms with van der Waals surface area (Å²) in [7, 11) is 1.30. The van der Waals surface area contributed by atoms with Crippen LogP contribution in [0.4, 0.5) is 0 Å². The fourth-order valence-corrected chi connectivity index (χ4v) is 1.76. The summed E-state index contributed by atoms with van der Waals surface area (Å²) in [5, 5.41) is 2.66. The number of hydrogen-bond acceptors (Lipinski definition) is 4. The molecule has 3 N–H and O–H groups in total. The summed E-state index contributed by atoms with van der Waals surface area (Å²) in [4.78, 5) is 23.7. The molecule has 0 radical (unpaired) electrons. The van der Waals surface area contributed by atoms with E-state index in [1.165, 1.54) is 7.11 Å². The molecule has 6 heteroatoms. The van der Waals surface area contributed by atoms with Crippen molar-refractivity contribution in [2.45, 2.75) is 32.4 Å². The van der Waals surface area contributed by atoms with Crippen LogP contribution in [0.25, 0.3) is 0 Å². The molecule has 5 nitrogen and oxygen atoms in total. The standard InChI is InChI=1S/C15H22N2O3.ClH/c1-10(2)13(16)14(18)17-12(15(19)20-3)9-11-7-5-4-6-8-11;/h4-8,10,12-13H,9,16H2,1-3H3,(H,17,18);1H. The Balaban J connectivity index is 0.00000400. The van der Waals surface area contributed by atoms with Crippen LogP contribution in [0.5, 0.6) is 0 Å². The van der Waals surface area contributed by atoms with E-state index in [9.17, 15) is 9.59 Å². The lowest BCUT2D eigenvalue weighted by Gasteiger charge is -2.21. The van der Waals surface area contributed by atoms with Gasteiger partial charge in [0.25, 0.3) is 0 Å². The number of methoxy groups -OCH3 is 1. The number of benzene rings is 1. The maximum Gasteiger partial charge on any atom is 0.328 e. The molecule has 2 unspecified atom stereocenters. The lowest BCUT2D eigenvalue weighted by molar-refractivity contribution is -0.145. The monoisotopic (exact) mass is 314 g/mol. The van der Waals surface area contributed by atoms with Crippen LogP contribution in [0.2, 0.25) is 0 Å². The Morgan fingerprint density at radius 1 is 1.24 bits per heavy atom. The third-order valence-corrected chi connectivity index (χ3v) is 3.11. The van der Waals surface area contributed by atoms with Crippen LogP contribution in [0.15, 0.2) is 30.3 Å². The van der Waals surface area contributed by atoms with Crippen molar-refractivity contribution in [3.05, 3.63) is 35.9 Å². The highest BCUT2D eigenvalue weighted by Gasteiger charge is 2.25. The van der Waals surface area contributed by atoms with E-state index in [0.29, 0.717) is 6.42 Å². The molecule has 0 fully saturated rings. The molecule has 118 valence electrons. The first kappa shape index (κ1) is 19.4. The SMILES string of the molecule is COC(=O)C(Cc1ccccc1)NC(=O)C(N)C(C)C.Cl. The predicted octanol–water partition coefficient (Wildman–Crippen LogP) is 1.29. The molecule has 1 amide bonds. The Hall–Kier alpha value is -1.59. The van der Waals surface area contributed by atoms with E-state index in [-0.39, 0.29) is 24.2 Å². The van der Waals surface area contributed by atoms with E-state index in [2.05, 4.69) is 5.32 Å². The van der Waals surface area contributed by atoms with Crippen LogP contribution in [-0.4, -0.2) is 31.1 Å². The summed E-state index contributed by atoms with van der Waals surface area (Å²) >= 11 is 0. The van der Waals surface area contributed by atoms with Gasteiger partial charge in [0.05, 0.1) is 13.2 Å². The molecule has 1 aromatic carbocycles. The van der Waals surface area contributed by atoms with Gasteiger partial charge < -0.3 is 15.8 Å². The molecule has 0 aliphatic carbocycles. The van der Waals surface area contributed by atoms with E-state index in [4.69, 9.17) is 10.5 Å². The minimum atomic E-state index is -0.723. The number of nitrogens with one attached hydrogen (secondary N) is 1. The first-order valence-corrected chi connectivity index (χ1v) is 6.63. The van der Waals surface area contributed by atoms with E-state index in [0.717, 1.165) is 5.56 Å². The molecule has 1 rings (SSSR count). The highest BCUT2D eigenvalue weighted by atomic mass is 35.5. The maximum atomic E-state index is 12.0. The Labute approximate surface area is 131 Å². The Kier molecular flexibility index (Phi) is 8.66. The maximum absolute atomic E-state index is 12.0. The largest absolute Gasteiger partial charge is 0.467 e. The average Bonchev–Trinajstić information content (AvgIpc) is 2.45. The van der Waals surface area contributed by atoms with E-state index in [1.54, 1.807) is 0 Å². The van der Waals surface area contributed by atoms with E-state index < -0.39 is 18.1 Å². The number of rotatable bonds is 6. The first-order valence-electron chi connectivity index (χ1n) is 6.63. The van der Waals surface area contributed by atoms with Gasteiger partial charge in [-0.05, 0) is 11.5 Å². The number of esters is 1. The molecule has 1 aromatic rings. The normalized spacial score (nSPS) is 13.0. The van der Waals surface area contributed by atoms with Crippen molar-refractivity contribution in [1.82, 2.24) is 5.32 Å². The van der Waals surface area contributed by atoms with Crippen molar-refractivity contribution in [3.63, 3.8) is 0 Å². The van der Waals surface area contributed by atoms with Crippen LogP contribution in [0.1, 0.15) is 19.4 Å². The number of hydrogen-bond donors (Lipinski definition) is 2. The van der Waals surface area contributed by atoms with Gasteiger partial charge in [0.1, 0.15) is 6.04 Å². The molecular formula is C15H23ClN2O3. The van der Waals surface area contributed by atoms with Gasteiger partial charge in [-0.15, -0.1) is 12.4 Å². The zero-order valence-electron chi connectivity index (χ0n) is 12.5. The fourth-order valence-electron chi connectivity index (χ4n) is 1.76. The second kappa shape index (κ2) is 9.37. The minimum absolute atomic E-state index is 0. The first-order chi connectivity index (χ1) is 9.45. The Morgan fingerprint density at radius 2 is 1.81 bits per heavy atom. The van der Waals surface area contributed by atoms with E-state index in [1.807, 2.05) is 44.2 Å². The summed E-state index contributed by atoms with van der Waals surface area (Å²) in [5.74, 6) is -0.811. The van der Waals surface area contributed by atoms with Crippen molar-refractivity contribution < 1.29 is 14.3 Å². The third kappa shape index (κ3) is 6.14. The lowest BCUT2D eigenvalue weighted by Crippen LogP contribution is -2.51. The second-order valence-corrected chi connectivity index (χ2v) is 5.04. The van der Waals surface area contributed by atoms with Crippen LogP contribution in [0, 0.1) is 5.92 Å². The predicted molar refractivity (Wildman–Crippen MR) is 84.2 cm³/mol. The number of halogens is 1. The molecule has 2 atom stereocenters. The topological polar surface area (TPSA) is 81.4 Å². The molecule has 0 aliphatic rings. The van der Waals surface area contributed by atoms with Gasteiger partial charge in [0.15, 0.2) is 0 Å². The Morgan fingerprint density at radius 3 is 2.29 bits per heavy atom.